The van der Waals surface area contributed by atoms with Gasteiger partial charge in [-0.05, 0) is 15.9 Å². The fraction of sp³-hybridized carbons (Fsp3) is 0.545. The lowest BCUT2D eigenvalue weighted by molar-refractivity contribution is -0.865. The normalized spacial score (nSPS) is 29.3. The van der Waals surface area contributed by atoms with E-state index < -0.39 is 0 Å². The molecule has 1 N–H and O–H groups in total. The van der Waals surface area contributed by atoms with Crippen LogP contribution in [0.1, 0.15) is 0 Å². The molecule has 0 radical (unpaired) electrons. The molecule has 15 heavy (non-hydrogen) atoms. The van der Waals surface area contributed by atoms with E-state index >= 15 is 0 Å². The van der Waals surface area contributed by atoms with Crippen LogP contribution in [-0.4, -0.2) is 44.6 Å². The second-order valence-electron chi connectivity index (χ2n) is 5.13. The Morgan fingerprint density at radius 1 is 1.47 bits per heavy atom. The average molecular weight is 271 g/mol. The smallest absolute Gasteiger partial charge is 0.128 e. The van der Waals surface area contributed by atoms with Crippen molar-refractivity contribution in [2.24, 2.45) is 10.9 Å². The molecule has 2 heterocycles. The number of dihydropyridines is 1. The number of rotatable bonds is 2. The molecule has 0 saturated carbocycles. The third-order valence-electron chi connectivity index (χ3n) is 2.56. The molecule has 2 aliphatic rings. The lowest BCUT2D eigenvalue weighted by Gasteiger charge is -2.27. The zero-order valence-electron chi connectivity index (χ0n) is 9.37. The van der Waals surface area contributed by atoms with Gasteiger partial charge in [-0.25, -0.2) is 0 Å². The first-order valence-electron chi connectivity index (χ1n) is 5.12. The van der Waals surface area contributed by atoms with Crippen molar-refractivity contribution in [1.82, 2.24) is 5.32 Å². The third kappa shape index (κ3) is 2.49. The number of allylic oxidation sites excluding steroid dienone is 1. The van der Waals surface area contributed by atoms with Gasteiger partial charge in [-0.2, -0.15) is 0 Å². The van der Waals surface area contributed by atoms with Gasteiger partial charge in [0.05, 0.1) is 21.1 Å². The number of aliphatic imine (C=N–C) groups is 1. The highest BCUT2D eigenvalue weighted by molar-refractivity contribution is 9.12. The van der Waals surface area contributed by atoms with Crippen molar-refractivity contribution < 1.29 is 4.48 Å². The number of nitrogens with zero attached hydrogens (tertiary/aromatic N) is 2. The van der Waals surface area contributed by atoms with E-state index in [9.17, 15) is 0 Å². The fourth-order valence-corrected chi connectivity index (χ4v) is 2.40. The Balaban J connectivity index is 2.13. The van der Waals surface area contributed by atoms with Gasteiger partial charge in [-0.15, -0.1) is 0 Å². The second-order valence-corrected chi connectivity index (χ2v) is 6.05. The Kier molecular flexibility index (Phi) is 2.73. The van der Waals surface area contributed by atoms with Crippen LogP contribution in [0.15, 0.2) is 27.3 Å². The molecular formula is C11H17BrN3+. The van der Waals surface area contributed by atoms with Crippen LogP contribution in [0.4, 0.5) is 0 Å². The molecule has 0 aromatic heterocycles. The molecule has 0 saturated heterocycles. The van der Waals surface area contributed by atoms with Gasteiger partial charge in [0.25, 0.3) is 0 Å². The van der Waals surface area contributed by atoms with Crippen LogP contribution in [-0.2, 0) is 0 Å². The lowest BCUT2D eigenvalue weighted by Crippen LogP contribution is -2.38. The zero-order valence-corrected chi connectivity index (χ0v) is 11.0. The van der Waals surface area contributed by atoms with Crippen molar-refractivity contribution in [2.45, 2.75) is 6.17 Å². The quantitative estimate of drug-likeness (QED) is 0.756. The summed E-state index contributed by atoms with van der Waals surface area (Å²) in [6, 6.07) is 0. The molecule has 0 aromatic rings. The summed E-state index contributed by atoms with van der Waals surface area (Å²) in [6.07, 6.45) is 6.45. The van der Waals surface area contributed by atoms with E-state index in [1.54, 1.807) is 0 Å². The van der Waals surface area contributed by atoms with Gasteiger partial charge in [0.2, 0.25) is 0 Å². The van der Waals surface area contributed by atoms with Crippen LogP contribution < -0.4 is 5.32 Å². The van der Waals surface area contributed by atoms with Gasteiger partial charge in [0.15, 0.2) is 0 Å². The van der Waals surface area contributed by atoms with Crippen molar-refractivity contribution in [3.63, 3.8) is 0 Å². The summed E-state index contributed by atoms with van der Waals surface area (Å²) in [5, 5.41) is 3.32. The van der Waals surface area contributed by atoms with Crippen LogP contribution in [0.3, 0.4) is 0 Å². The summed E-state index contributed by atoms with van der Waals surface area (Å²) in [7, 11) is 6.62. The molecular weight excluding hydrogens is 254 g/mol. The Bertz CT molecular complexity index is 349. The molecule has 2 unspecified atom stereocenters. The van der Waals surface area contributed by atoms with Crippen LogP contribution in [0.25, 0.3) is 0 Å². The number of hydrogen-bond donors (Lipinski definition) is 1. The number of quaternary nitrogens is 1. The highest BCUT2D eigenvalue weighted by atomic mass is 79.9. The van der Waals surface area contributed by atoms with E-state index in [1.165, 1.54) is 5.57 Å². The zero-order chi connectivity index (χ0) is 11.1. The van der Waals surface area contributed by atoms with Crippen molar-refractivity contribution >= 4 is 22.1 Å². The molecule has 4 heteroatoms. The van der Waals surface area contributed by atoms with E-state index in [-0.39, 0.29) is 6.17 Å². The van der Waals surface area contributed by atoms with Crippen LogP contribution in [0.5, 0.6) is 0 Å². The lowest BCUT2D eigenvalue weighted by atomic mass is 9.97. The number of fused-ring (bicyclic) bond motifs is 1. The van der Waals surface area contributed by atoms with Crippen LogP contribution in [0.2, 0.25) is 0 Å². The molecule has 0 aliphatic carbocycles. The van der Waals surface area contributed by atoms with Crippen molar-refractivity contribution in [1.29, 1.82) is 0 Å². The van der Waals surface area contributed by atoms with Gasteiger partial charge in [-0.1, -0.05) is 6.08 Å². The maximum atomic E-state index is 4.44. The summed E-state index contributed by atoms with van der Waals surface area (Å²) in [5.74, 6) is 0.418. The summed E-state index contributed by atoms with van der Waals surface area (Å²) >= 11 is 3.48. The summed E-state index contributed by atoms with van der Waals surface area (Å²) in [5.41, 5.74) is 1.43. The predicted molar refractivity (Wildman–Crippen MR) is 66.9 cm³/mol. The summed E-state index contributed by atoms with van der Waals surface area (Å²) in [6.45, 7) is 1.06. The van der Waals surface area contributed by atoms with Crippen molar-refractivity contribution in [2.75, 3.05) is 27.7 Å². The molecule has 2 atom stereocenters. The summed E-state index contributed by atoms with van der Waals surface area (Å²) < 4.78 is 2.03. The van der Waals surface area contributed by atoms with Gasteiger partial charge >= 0.3 is 0 Å². The van der Waals surface area contributed by atoms with E-state index in [0.717, 1.165) is 15.5 Å². The number of likely N-dealkylation sites (N-methyl/N-ethyl adjacent to an activating group) is 1. The Hall–Kier alpha value is -0.610. The van der Waals surface area contributed by atoms with Gasteiger partial charge in [0.1, 0.15) is 12.7 Å². The Labute approximate surface area is 99.3 Å². The molecule has 0 fully saturated rings. The fourth-order valence-electron chi connectivity index (χ4n) is 1.99. The standard InChI is InChI=1S/C11H17BrN3/c1-15(2,3)7-8-5-13-11-10(8)4-9(12)6-14-11/h4-6,10-11,13H,7H2,1-3H3/q+1. The van der Waals surface area contributed by atoms with Crippen molar-refractivity contribution in [3.05, 3.63) is 22.3 Å². The maximum Gasteiger partial charge on any atom is 0.128 e. The van der Waals surface area contributed by atoms with E-state index in [2.05, 4.69) is 59.7 Å². The number of halogens is 1. The molecule has 2 rings (SSSR count). The third-order valence-corrected chi connectivity index (χ3v) is 3.03. The SMILES string of the molecule is C[N+](C)(C)CC1=CNC2N=CC(Br)=CC12. The van der Waals surface area contributed by atoms with Gasteiger partial charge in [0, 0.05) is 28.4 Å². The minimum atomic E-state index is 0.216. The van der Waals surface area contributed by atoms with E-state index in [1.807, 2.05) is 6.21 Å². The van der Waals surface area contributed by atoms with Gasteiger partial charge < -0.3 is 9.80 Å². The predicted octanol–water partition coefficient (Wildman–Crippen LogP) is 1.49. The largest absolute Gasteiger partial charge is 0.369 e. The van der Waals surface area contributed by atoms with Crippen molar-refractivity contribution in [3.8, 4) is 0 Å². The molecule has 0 bridgehead atoms. The highest BCUT2D eigenvalue weighted by Crippen LogP contribution is 2.29. The molecule has 82 valence electrons. The van der Waals surface area contributed by atoms with Gasteiger partial charge in [-0.3, -0.25) is 4.99 Å². The first kappa shape index (κ1) is 10.9. The maximum absolute atomic E-state index is 4.44. The van der Waals surface area contributed by atoms with Crippen LogP contribution >= 0.6 is 15.9 Å². The van der Waals surface area contributed by atoms with Crippen LogP contribution in [0, 0.1) is 5.92 Å². The summed E-state index contributed by atoms with van der Waals surface area (Å²) in [4.78, 5) is 4.44. The molecule has 2 aliphatic heterocycles. The number of hydrogen-bond acceptors (Lipinski definition) is 2. The molecule has 3 nitrogen and oxygen atoms in total. The molecule has 0 spiro atoms. The minimum absolute atomic E-state index is 0.216. The first-order valence-corrected chi connectivity index (χ1v) is 5.91. The van der Waals surface area contributed by atoms with E-state index in [0.29, 0.717) is 5.92 Å². The molecule has 0 aromatic carbocycles. The molecule has 0 amide bonds. The Morgan fingerprint density at radius 2 is 2.20 bits per heavy atom. The average Bonchev–Trinajstić information content (AvgIpc) is 2.46. The first-order chi connectivity index (χ1) is 6.96. The monoisotopic (exact) mass is 270 g/mol. The topological polar surface area (TPSA) is 24.4 Å². The minimum Gasteiger partial charge on any atom is -0.369 e. The van der Waals surface area contributed by atoms with E-state index in [4.69, 9.17) is 0 Å². The highest BCUT2D eigenvalue weighted by Gasteiger charge is 2.31. The Morgan fingerprint density at radius 3 is 2.87 bits per heavy atom. The number of nitrogens with one attached hydrogen (secondary N) is 1. The second kappa shape index (κ2) is 3.76.